The number of anilines is 1. The Balaban J connectivity index is 1.76. The summed E-state index contributed by atoms with van der Waals surface area (Å²) >= 11 is 3.15. The van der Waals surface area contributed by atoms with Gasteiger partial charge in [0.15, 0.2) is 16.2 Å². The number of hydrogen-bond donors (Lipinski definition) is 1. The molecule has 0 aromatic carbocycles. The summed E-state index contributed by atoms with van der Waals surface area (Å²) in [6.45, 7) is 5.29. The maximum Gasteiger partial charge on any atom is 0.292 e. The molecule has 10 heteroatoms. The van der Waals surface area contributed by atoms with Gasteiger partial charge in [0.2, 0.25) is 0 Å². The Morgan fingerprint density at radius 3 is 2.75 bits per heavy atom. The quantitative estimate of drug-likeness (QED) is 0.624. The maximum absolute atomic E-state index is 12.5. The molecule has 4 rings (SSSR count). The first-order valence-electron chi connectivity index (χ1n) is 8.01. The Morgan fingerprint density at radius 2 is 2.11 bits per heavy atom. The molecular weight excluding hydrogens is 430 g/mol. The highest BCUT2D eigenvalue weighted by molar-refractivity contribution is 9.10. The Bertz CT molecular complexity index is 1170. The highest BCUT2D eigenvalue weighted by Gasteiger charge is 2.23. The highest BCUT2D eigenvalue weighted by atomic mass is 79.9. The molecule has 1 aliphatic rings. The smallest absolute Gasteiger partial charge is 0.292 e. The minimum Gasteiger partial charge on any atom is -0.463 e. The summed E-state index contributed by atoms with van der Waals surface area (Å²) in [5.41, 5.74) is 1.04. The Hall–Kier alpha value is -3.53. The second-order valence-electron chi connectivity index (χ2n) is 5.75. The van der Waals surface area contributed by atoms with Crippen LogP contribution >= 0.6 is 15.9 Å². The van der Waals surface area contributed by atoms with Gasteiger partial charge in [0, 0.05) is 6.07 Å². The van der Waals surface area contributed by atoms with Crippen LogP contribution in [0, 0.1) is 0 Å². The van der Waals surface area contributed by atoms with Crippen LogP contribution in [0.2, 0.25) is 0 Å². The number of amides is 2. The van der Waals surface area contributed by atoms with E-state index in [-0.39, 0.29) is 23.1 Å². The summed E-state index contributed by atoms with van der Waals surface area (Å²) in [7, 11) is 0. The molecule has 0 saturated heterocycles. The van der Waals surface area contributed by atoms with Crippen molar-refractivity contribution in [2.45, 2.75) is 6.92 Å². The summed E-state index contributed by atoms with van der Waals surface area (Å²) in [4.78, 5) is 32.7. The lowest BCUT2D eigenvalue weighted by Crippen LogP contribution is -2.25. The van der Waals surface area contributed by atoms with Gasteiger partial charge in [0.05, 0.1) is 17.5 Å². The molecule has 0 aliphatic carbocycles. The Labute approximate surface area is 166 Å². The molecule has 0 radical (unpaired) electrons. The first kappa shape index (κ1) is 17.9. The molecule has 28 heavy (non-hydrogen) atoms. The number of halogens is 1. The predicted octanol–water partition coefficient (Wildman–Crippen LogP) is 3.51. The van der Waals surface area contributed by atoms with Crippen LogP contribution in [0.15, 0.2) is 72.2 Å². The van der Waals surface area contributed by atoms with Crippen molar-refractivity contribution in [3.63, 3.8) is 0 Å². The van der Waals surface area contributed by atoms with E-state index in [1.54, 1.807) is 31.2 Å². The second kappa shape index (κ2) is 6.89. The normalized spacial score (nSPS) is 14.1. The first-order chi connectivity index (χ1) is 13.4. The average molecular weight is 442 g/mol. The number of carbonyl (C=O) groups is 2. The second-order valence-corrected chi connectivity index (χ2v) is 6.54. The topological polar surface area (TPSA) is 115 Å². The zero-order valence-corrected chi connectivity index (χ0v) is 16.1. The third-order valence-corrected chi connectivity index (χ3v) is 4.30. The van der Waals surface area contributed by atoms with E-state index >= 15 is 0 Å². The van der Waals surface area contributed by atoms with Crippen LogP contribution in [0.5, 0.6) is 0 Å². The van der Waals surface area contributed by atoms with Crippen LogP contribution in [0.3, 0.4) is 0 Å². The lowest BCUT2D eigenvalue weighted by atomic mass is 10.2. The van der Waals surface area contributed by atoms with Crippen molar-refractivity contribution >= 4 is 45.2 Å². The van der Waals surface area contributed by atoms with Crippen LogP contribution in [0.25, 0.3) is 11.5 Å². The van der Waals surface area contributed by atoms with E-state index in [1.807, 2.05) is 0 Å². The van der Waals surface area contributed by atoms with E-state index in [1.165, 1.54) is 17.0 Å². The Kier molecular flexibility index (Phi) is 4.40. The van der Waals surface area contributed by atoms with Crippen LogP contribution < -0.4 is 5.32 Å². The molecule has 0 atom stereocenters. The Morgan fingerprint density at radius 1 is 1.29 bits per heavy atom. The van der Waals surface area contributed by atoms with E-state index in [4.69, 9.17) is 8.83 Å². The molecule has 140 valence electrons. The summed E-state index contributed by atoms with van der Waals surface area (Å²) < 4.78 is 12.3. The van der Waals surface area contributed by atoms with Gasteiger partial charge in [-0.2, -0.15) is 14.8 Å². The van der Waals surface area contributed by atoms with Gasteiger partial charge in [0.25, 0.3) is 17.8 Å². The standard InChI is InChI=1S/C18H12BrN5O4/c1-9-10(2)20-18(22-16(9)25)24-15(8-11(23-24)12-4-3-7-27-12)21-17(26)13-5-6-14(19)28-13/h3-8H,1H2,2H3,(H,21,26). The number of rotatable bonds is 3. The number of nitrogens with one attached hydrogen (secondary N) is 1. The lowest BCUT2D eigenvalue weighted by molar-refractivity contribution is -0.113. The summed E-state index contributed by atoms with van der Waals surface area (Å²) in [5.74, 6) is -0.226. The number of hydrogen-bond acceptors (Lipinski definition) is 6. The lowest BCUT2D eigenvalue weighted by Gasteiger charge is -2.12. The van der Waals surface area contributed by atoms with Gasteiger partial charge in [-0.25, -0.2) is 4.99 Å². The van der Waals surface area contributed by atoms with Crippen molar-refractivity contribution in [3.05, 3.63) is 59.2 Å². The van der Waals surface area contributed by atoms with E-state index in [2.05, 4.69) is 42.9 Å². The number of aromatic nitrogens is 2. The molecule has 4 heterocycles. The molecule has 1 aliphatic heterocycles. The fraction of sp³-hybridized carbons (Fsp3) is 0.0556. The molecule has 0 bridgehead atoms. The van der Waals surface area contributed by atoms with E-state index in [0.717, 1.165) is 0 Å². The largest absolute Gasteiger partial charge is 0.463 e. The molecule has 3 aromatic heterocycles. The molecule has 9 nitrogen and oxygen atoms in total. The molecule has 0 saturated carbocycles. The van der Waals surface area contributed by atoms with Gasteiger partial charge in [-0.15, -0.1) is 0 Å². The number of furan rings is 2. The van der Waals surface area contributed by atoms with Gasteiger partial charge < -0.3 is 14.2 Å². The van der Waals surface area contributed by atoms with Crippen LogP contribution in [-0.2, 0) is 4.79 Å². The third kappa shape index (κ3) is 3.25. The van der Waals surface area contributed by atoms with Crippen molar-refractivity contribution in [3.8, 4) is 11.5 Å². The van der Waals surface area contributed by atoms with Gasteiger partial charge in [-0.05, 0) is 47.1 Å². The summed E-state index contributed by atoms with van der Waals surface area (Å²) in [6.07, 6.45) is 1.50. The number of aliphatic imine (C=N–C) groups is 2. The van der Waals surface area contributed by atoms with Crippen molar-refractivity contribution < 1.29 is 18.4 Å². The molecular formula is C18H12BrN5O4. The minimum absolute atomic E-state index is 0.00336. The van der Waals surface area contributed by atoms with Crippen LogP contribution in [-0.4, -0.2) is 33.3 Å². The molecule has 0 fully saturated rings. The zero-order chi connectivity index (χ0) is 19.8. The number of nitrogens with zero attached hydrogens (tertiary/aromatic N) is 4. The van der Waals surface area contributed by atoms with E-state index < -0.39 is 11.8 Å². The van der Waals surface area contributed by atoms with Crippen molar-refractivity contribution in [1.82, 2.24) is 9.78 Å². The van der Waals surface area contributed by atoms with Crippen LogP contribution in [0.1, 0.15) is 17.5 Å². The predicted molar refractivity (Wildman–Crippen MR) is 104 cm³/mol. The third-order valence-electron chi connectivity index (χ3n) is 3.88. The fourth-order valence-electron chi connectivity index (χ4n) is 2.43. The van der Waals surface area contributed by atoms with Gasteiger partial charge in [0.1, 0.15) is 11.5 Å². The minimum atomic E-state index is -0.523. The highest BCUT2D eigenvalue weighted by Crippen LogP contribution is 2.24. The fourth-order valence-corrected chi connectivity index (χ4v) is 2.74. The van der Waals surface area contributed by atoms with Crippen molar-refractivity contribution in [2.24, 2.45) is 9.98 Å². The molecule has 1 N–H and O–H groups in total. The summed E-state index contributed by atoms with van der Waals surface area (Å²) in [5, 5.41) is 7.05. The van der Waals surface area contributed by atoms with Crippen LogP contribution in [0.4, 0.5) is 5.82 Å². The maximum atomic E-state index is 12.5. The van der Waals surface area contributed by atoms with Crippen molar-refractivity contribution in [2.75, 3.05) is 5.32 Å². The first-order valence-corrected chi connectivity index (χ1v) is 8.80. The van der Waals surface area contributed by atoms with Gasteiger partial charge in [-0.1, -0.05) is 6.58 Å². The monoisotopic (exact) mass is 441 g/mol. The van der Waals surface area contributed by atoms with Gasteiger partial charge >= 0.3 is 0 Å². The average Bonchev–Trinajstić information content (AvgIpc) is 3.39. The molecule has 2 amide bonds. The number of carbonyl (C=O) groups excluding carboxylic acids is 2. The molecule has 3 aromatic rings. The SMILES string of the molecule is C=C1C(=O)N=C(n2nc(-c3ccco3)cc2NC(=O)c2ccc(Br)o2)N=C1C. The van der Waals surface area contributed by atoms with E-state index in [0.29, 0.717) is 21.8 Å². The molecule has 0 spiro atoms. The zero-order valence-electron chi connectivity index (χ0n) is 14.5. The van der Waals surface area contributed by atoms with E-state index in [9.17, 15) is 9.59 Å². The van der Waals surface area contributed by atoms with Gasteiger partial charge in [-0.3, -0.25) is 9.59 Å². The van der Waals surface area contributed by atoms with Crippen molar-refractivity contribution in [1.29, 1.82) is 0 Å². The summed E-state index contributed by atoms with van der Waals surface area (Å²) in [6, 6.07) is 8.12. The molecule has 0 unspecified atom stereocenters.